The highest BCUT2D eigenvalue weighted by Gasteiger charge is 2.19. The van der Waals surface area contributed by atoms with Crippen LogP contribution in [-0.4, -0.2) is 99.0 Å². The van der Waals surface area contributed by atoms with Gasteiger partial charge in [-0.25, -0.2) is 0 Å². The molecule has 2 rings (SSSR count). The minimum absolute atomic E-state index is 0.227. The Morgan fingerprint density at radius 2 is 1.86 bits per heavy atom. The Morgan fingerprint density at radius 1 is 1.17 bits per heavy atom. The first-order chi connectivity index (χ1) is 13.8. The van der Waals surface area contributed by atoms with E-state index in [0.717, 1.165) is 58.1 Å². The molecule has 1 aliphatic heterocycles. The van der Waals surface area contributed by atoms with Crippen molar-refractivity contribution in [1.29, 1.82) is 0 Å². The summed E-state index contributed by atoms with van der Waals surface area (Å²) >= 11 is 0. The lowest BCUT2D eigenvalue weighted by Crippen LogP contribution is -2.49. The van der Waals surface area contributed by atoms with Crippen LogP contribution in [0, 0.1) is 5.41 Å². The molecule has 0 aliphatic carbocycles. The Hall–Kier alpha value is -1.18. The first kappa shape index (κ1) is 24.1. The maximum atomic E-state index is 10.4. The van der Waals surface area contributed by atoms with Crippen LogP contribution in [0.1, 0.15) is 26.3 Å². The molecule has 2 N–H and O–H groups in total. The number of β-amino-alcohol motifs (C(OH)–C–C–N with tert-alkyl or cyclic N) is 1. The lowest BCUT2D eigenvalue weighted by molar-refractivity contribution is 0.0471. The van der Waals surface area contributed by atoms with Crippen molar-refractivity contribution in [1.82, 2.24) is 20.0 Å². The van der Waals surface area contributed by atoms with Crippen LogP contribution in [0.4, 0.5) is 0 Å². The third-order valence-corrected chi connectivity index (χ3v) is 5.40. The summed E-state index contributed by atoms with van der Waals surface area (Å²) < 4.78 is 5.87. The van der Waals surface area contributed by atoms with Gasteiger partial charge in [0, 0.05) is 52.4 Å². The molecule has 0 bridgehead atoms. The Bertz CT molecular complexity index is 586. The zero-order chi connectivity index (χ0) is 21.3. The predicted molar refractivity (Wildman–Crippen MR) is 121 cm³/mol. The first-order valence-electron chi connectivity index (χ1n) is 11.0. The summed E-state index contributed by atoms with van der Waals surface area (Å²) in [5, 5.41) is 13.9. The normalized spacial score (nSPS) is 17.6. The molecular formula is C23H42N4O2. The van der Waals surface area contributed by atoms with Gasteiger partial charge in [0.15, 0.2) is 0 Å². The summed E-state index contributed by atoms with van der Waals surface area (Å²) in [7, 11) is 4.23. The summed E-state index contributed by atoms with van der Waals surface area (Å²) in [4.78, 5) is 7.00. The smallest absolute Gasteiger partial charge is 0.119 e. The lowest BCUT2D eigenvalue weighted by atomic mass is 9.93. The van der Waals surface area contributed by atoms with Crippen molar-refractivity contribution in [3.8, 4) is 5.75 Å². The summed E-state index contributed by atoms with van der Waals surface area (Å²) in [5.41, 5.74) is 1.43. The van der Waals surface area contributed by atoms with E-state index in [1.165, 1.54) is 5.56 Å². The fourth-order valence-corrected chi connectivity index (χ4v) is 4.03. The number of hydrogen-bond acceptors (Lipinski definition) is 6. The van der Waals surface area contributed by atoms with Crippen molar-refractivity contribution >= 4 is 0 Å². The van der Waals surface area contributed by atoms with E-state index in [-0.39, 0.29) is 5.41 Å². The van der Waals surface area contributed by atoms with Gasteiger partial charge >= 0.3 is 0 Å². The van der Waals surface area contributed by atoms with E-state index < -0.39 is 6.10 Å². The van der Waals surface area contributed by atoms with E-state index in [9.17, 15) is 5.11 Å². The van der Waals surface area contributed by atoms with Gasteiger partial charge < -0.3 is 25.0 Å². The van der Waals surface area contributed by atoms with E-state index in [2.05, 4.69) is 67.0 Å². The number of nitrogens with one attached hydrogen (secondary N) is 1. The number of aliphatic hydroxyl groups is 1. The fourth-order valence-electron chi connectivity index (χ4n) is 4.03. The monoisotopic (exact) mass is 406 g/mol. The van der Waals surface area contributed by atoms with Crippen LogP contribution in [0.25, 0.3) is 0 Å². The van der Waals surface area contributed by atoms with Crippen LogP contribution < -0.4 is 10.1 Å². The Morgan fingerprint density at radius 3 is 2.52 bits per heavy atom. The number of ether oxygens (including phenoxy) is 1. The molecule has 6 nitrogen and oxygen atoms in total. The highest BCUT2D eigenvalue weighted by molar-refractivity contribution is 5.28. The molecular weight excluding hydrogens is 364 g/mol. The van der Waals surface area contributed by atoms with Crippen molar-refractivity contribution in [2.75, 3.05) is 73.1 Å². The van der Waals surface area contributed by atoms with Crippen molar-refractivity contribution in [3.63, 3.8) is 0 Å². The number of rotatable bonds is 12. The van der Waals surface area contributed by atoms with Crippen molar-refractivity contribution in [3.05, 3.63) is 29.8 Å². The second-order valence-corrected chi connectivity index (χ2v) is 9.35. The van der Waals surface area contributed by atoms with E-state index in [0.29, 0.717) is 13.2 Å². The molecule has 0 saturated carbocycles. The molecule has 0 spiro atoms. The van der Waals surface area contributed by atoms with E-state index >= 15 is 0 Å². The number of benzene rings is 1. The van der Waals surface area contributed by atoms with Crippen LogP contribution in [0.15, 0.2) is 24.3 Å². The number of likely N-dealkylation sites (N-methyl/N-ethyl adjacent to an activating group) is 1. The Labute approximate surface area is 177 Å². The minimum Gasteiger partial charge on any atom is -0.491 e. The van der Waals surface area contributed by atoms with E-state index in [4.69, 9.17) is 4.74 Å². The highest BCUT2D eigenvalue weighted by Crippen LogP contribution is 2.16. The van der Waals surface area contributed by atoms with Gasteiger partial charge in [-0.05, 0) is 43.8 Å². The van der Waals surface area contributed by atoms with Crippen LogP contribution in [-0.2, 0) is 6.54 Å². The van der Waals surface area contributed by atoms with Gasteiger partial charge in [0.05, 0.1) is 0 Å². The quantitative estimate of drug-likeness (QED) is 0.552. The maximum absolute atomic E-state index is 10.4. The van der Waals surface area contributed by atoms with E-state index in [1.807, 2.05) is 12.1 Å². The number of aliphatic hydroxyl groups excluding tert-OH is 1. The lowest BCUT2D eigenvalue weighted by Gasteiger charge is -2.34. The molecule has 1 atom stereocenters. The summed E-state index contributed by atoms with van der Waals surface area (Å²) in [6.45, 7) is 15.9. The average Bonchev–Trinajstić information content (AvgIpc) is 2.66. The third kappa shape index (κ3) is 9.45. The molecule has 1 heterocycles. The van der Waals surface area contributed by atoms with Gasteiger partial charge in [-0.2, -0.15) is 0 Å². The van der Waals surface area contributed by atoms with Crippen LogP contribution in [0.2, 0.25) is 0 Å². The zero-order valence-electron chi connectivity index (χ0n) is 19.2. The Kier molecular flexibility index (Phi) is 9.86. The van der Waals surface area contributed by atoms with Gasteiger partial charge in [-0.15, -0.1) is 0 Å². The van der Waals surface area contributed by atoms with Gasteiger partial charge in [0.25, 0.3) is 0 Å². The van der Waals surface area contributed by atoms with Crippen molar-refractivity contribution < 1.29 is 9.84 Å². The summed E-state index contributed by atoms with van der Waals surface area (Å²) in [5.74, 6) is 0.826. The average molecular weight is 407 g/mol. The van der Waals surface area contributed by atoms with Crippen molar-refractivity contribution in [2.45, 2.75) is 33.4 Å². The maximum Gasteiger partial charge on any atom is 0.119 e. The first-order valence-corrected chi connectivity index (χ1v) is 11.0. The SMILES string of the molecule is CCN1CCN(C[C@@H](O)COc2cccc(CNCC(C)(C)CN(C)C)c2)CC1. The molecule has 6 heteroatoms. The predicted octanol–water partition coefficient (Wildman–Crippen LogP) is 1.74. The third-order valence-electron chi connectivity index (χ3n) is 5.40. The summed E-state index contributed by atoms with van der Waals surface area (Å²) in [6.07, 6.45) is -0.461. The van der Waals surface area contributed by atoms with Gasteiger partial charge in [0.2, 0.25) is 0 Å². The van der Waals surface area contributed by atoms with Gasteiger partial charge in [0.1, 0.15) is 18.5 Å². The molecule has 0 amide bonds. The van der Waals surface area contributed by atoms with E-state index in [1.54, 1.807) is 0 Å². The molecule has 166 valence electrons. The molecule has 1 fully saturated rings. The minimum atomic E-state index is -0.461. The standard InChI is InChI=1S/C23H42N4O2/c1-6-26-10-12-27(13-11-26)16-21(28)17-29-22-9-7-8-20(14-22)15-24-18-23(2,3)19-25(4)5/h7-9,14,21,24,28H,6,10-13,15-19H2,1-5H3/t21-/m1/s1. The second-order valence-electron chi connectivity index (χ2n) is 9.35. The molecule has 1 aromatic carbocycles. The number of hydrogen-bond donors (Lipinski definition) is 2. The van der Waals surface area contributed by atoms with Crippen LogP contribution in [0.5, 0.6) is 5.75 Å². The molecule has 0 aromatic heterocycles. The van der Waals surface area contributed by atoms with Crippen molar-refractivity contribution in [2.24, 2.45) is 5.41 Å². The topological polar surface area (TPSA) is 51.2 Å². The molecule has 1 aliphatic rings. The molecule has 29 heavy (non-hydrogen) atoms. The molecule has 1 saturated heterocycles. The summed E-state index contributed by atoms with van der Waals surface area (Å²) in [6, 6.07) is 8.17. The largest absolute Gasteiger partial charge is 0.491 e. The van der Waals surface area contributed by atoms with Gasteiger partial charge in [-0.3, -0.25) is 4.90 Å². The van der Waals surface area contributed by atoms with Gasteiger partial charge in [-0.1, -0.05) is 32.9 Å². The zero-order valence-corrected chi connectivity index (χ0v) is 19.2. The highest BCUT2D eigenvalue weighted by atomic mass is 16.5. The Balaban J connectivity index is 1.71. The molecule has 0 unspecified atom stereocenters. The fraction of sp³-hybridized carbons (Fsp3) is 0.739. The number of nitrogens with zero attached hydrogens (tertiary/aromatic N) is 3. The second kappa shape index (κ2) is 11.9. The molecule has 1 aromatic rings. The molecule has 0 radical (unpaired) electrons. The van der Waals surface area contributed by atoms with Crippen LogP contribution >= 0.6 is 0 Å². The van der Waals surface area contributed by atoms with Crippen LogP contribution in [0.3, 0.4) is 0 Å². The number of piperazine rings is 1.